The molecule has 1 amide bonds. The van der Waals surface area contributed by atoms with Gasteiger partial charge in [0.15, 0.2) is 17.1 Å². The van der Waals surface area contributed by atoms with E-state index in [1.54, 1.807) is 24.9 Å². The number of ether oxygens (including phenoxy) is 2. The molecule has 0 atom stereocenters. The number of aryl methyl sites for hydroxylation is 1. The Morgan fingerprint density at radius 3 is 2.59 bits per heavy atom. The van der Waals surface area contributed by atoms with Crippen molar-refractivity contribution in [3.8, 4) is 11.5 Å². The van der Waals surface area contributed by atoms with Crippen LogP contribution >= 0.6 is 0 Å². The molecule has 0 N–H and O–H groups in total. The summed E-state index contributed by atoms with van der Waals surface area (Å²) in [6, 6.07) is 11.3. The van der Waals surface area contributed by atoms with Gasteiger partial charge in [-0.15, -0.1) is 0 Å². The van der Waals surface area contributed by atoms with Crippen molar-refractivity contribution in [1.29, 1.82) is 0 Å². The lowest BCUT2D eigenvalue weighted by molar-refractivity contribution is -0.132. The van der Waals surface area contributed by atoms with Crippen LogP contribution < -0.4 is 15.2 Å². The van der Waals surface area contributed by atoms with E-state index in [1.165, 1.54) is 5.56 Å². The largest absolute Gasteiger partial charge is 0.493 e. The van der Waals surface area contributed by atoms with Crippen LogP contribution in [-0.2, 0) is 24.3 Å². The van der Waals surface area contributed by atoms with Crippen molar-refractivity contribution < 1.29 is 18.7 Å². The Bertz CT molecular complexity index is 1100. The molecule has 0 unspecified atom stereocenters. The minimum Gasteiger partial charge on any atom is -0.493 e. The lowest BCUT2D eigenvalue weighted by Gasteiger charge is -2.29. The van der Waals surface area contributed by atoms with Gasteiger partial charge in [-0.1, -0.05) is 12.1 Å². The molecule has 0 spiro atoms. The SMILES string of the molecule is COc1cc2c(cc1OC)CN(C(=O)CCCn1c(=O)oc3ccccc31)CC2. The number of oxazole rings is 1. The second kappa shape index (κ2) is 8.03. The summed E-state index contributed by atoms with van der Waals surface area (Å²) in [5, 5.41) is 0. The van der Waals surface area contributed by atoms with Crippen molar-refractivity contribution in [3.63, 3.8) is 0 Å². The molecule has 0 bridgehead atoms. The fourth-order valence-electron chi connectivity index (χ4n) is 3.87. The molecule has 2 aromatic carbocycles. The minimum atomic E-state index is -0.383. The number of aromatic nitrogens is 1. The average Bonchev–Trinajstić information content (AvgIpc) is 3.07. The number of carbonyl (C=O) groups excluding carboxylic acids is 1. The molecule has 0 radical (unpaired) electrons. The summed E-state index contributed by atoms with van der Waals surface area (Å²) in [5.41, 5.74) is 3.60. The summed E-state index contributed by atoms with van der Waals surface area (Å²) < 4.78 is 17.6. The third-order valence-corrected chi connectivity index (χ3v) is 5.42. The Kier molecular flexibility index (Phi) is 5.29. The number of hydrogen-bond acceptors (Lipinski definition) is 5. The van der Waals surface area contributed by atoms with Crippen LogP contribution in [0.15, 0.2) is 45.6 Å². The number of amides is 1. The van der Waals surface area contributed by atoms with Crippen molar-refractivity contribution in [2.45, 2.75) is 32.4 Å². The molecule has 29 heavy (non-hydrogen) atoms. The fraction of sp³-hybridized carbons (Fsp3) is 0.364. The third-order valence-electron chi connectivity index (χ3n) is 5.42. The quantitative estimate of drug-likeness (QED) is 0.640. The third kappa shape index (κ3) is 3.72. The van der Waals surface area contributed by atoms with Crippen molar-refractivity contribution in [3.05, 3.63) is 58.1 Å². The fourth-order valence-corrected chi connectivity index (χ4v) is 3.87. The normalized spacial score (nSPS) is 13.4. The molecular weight excluding hydrogens is 372 g/mol. The Labute approximate surface area is 168 Å². The number of rotatable bonds is 6. The molecule has 7 heteroatoms. The van der Waals surface area contributed by atoms with Gasteiger partial charge in [-0.2, -0.15) is 0 Å². The molecule has 152 valence electrons. The number of fused-ring (bicyclic) bond motifs is 2. The first kappa shape index (κ1) is 19.1. The second-order valence-corrected chi connectivity index (χ2v) is 7.13. The molecule has 0 saturated heterocycles. The number of para-hydroxylation sites is 2. The number of nitrogens with zero attached hydrogens (tertiary/aromatic N) is 2. The predicted octanol–water partition coefficient (Wildman–Crippen LogP) is 2.98. The van der Waals surface area contributed by atoms with Crippen LogP contribution in [0.1, 0.15) is 24.0 Å². The zero-order valence-electron chi connectivity index (χ0n) is 16.6. The number of hydrogen-bond donors (Lipinski definition) is 0. The second-order valence-electron chi connectivity index (χ2n) is 7.13. The van der Waals surface area contributed by atoms with Crippen LogP contribution in [0, 0.1) is 0 Å². The van der Waals surface area contributed by atoms with E-state index in [0.717, 1.165) is 17.5 Å². The summed E-state index contributed by atoms with van der Waals surface area (Å²) in [6.07, 6.45) is 1.75. The van der Waals surface area contributed by atoms with Crippen LogP contribution in [0.3, 0.4) is 0 Å². The zero-order valence-corrected chi connectivity index (χ0v) is 16.6. The highest BCUT2D eigenvalue weighted by atomic mass is 16.5. The first-order valence-electron chi connectivity index (χ1n) is 9.70. The van der Waals surface area contributed by atoms with Crippen LogP contribution in [0.4, 0.5) is 0 Å². The monoisotopic (exact) mass is 396 g/mol. The maximum atomic E-state index is 12.7. The Hall–Kier alpha value is -3.22. The number of benzene rings is 2. The van der Waals surface area contributed by atoms with Gasteiger partial charge >= 0.3 is 5.76 Å². The van der Waals surface area contributed by atoms with Gasteiger partial charge in [-0.3, -0.25) is 9.36 Å². The molecule has 2 heterocycles. The van der Waals surface area contributed by atoms with E-state index >= 15 is 0 Å². The van der Waals surface area contributed by atoms with E-state index in [4.69, 9.17) is 13.9 Å². The lowest BCUT2D eigenvalue weighted by atomic mass is 9.98. The van der Waals surface area contributed by atoms with E-state index in [2.05, 4.69) is 0 Å². The Balaban J connectivity index is 1.40. The summed E-state index contributed by atoms with van der Waals surface area (Å²) in [5.74, 6) is 1.09. The minimum absolute atomic E-state index is 0.0892. The maximum Gasteiger partial charge on any atom is 0.419 e. The highest BCUT2D eigenvalue weighted by Gasteiger charge is 2.22. The van der Waals surface area contributed by atoms with Gasteiger partial charge in [0.25, 0.3) is 0 Å². The van der Waals surface area contributed by atoms with Gasteiger partial charge in [-0.25, -0.2) is 4.79 Å². The van der Waals surface area contributed by atoms with Crippen molar-refractivity contribution in [1.82, 2.24) is 9.47 Å². The molecule has 1 aliphatic rings. The smallest absolute Gasteiger partial charge is 0.419 e. The first-order valence-corrected chi connectivity index (χ1v) is 9.70. The molecule has 1 aromatic heterocycles. The van der Waals surface area contributed by atoms with Crippen LogP contribution in [0.25, 0.3) is 11.1 Å². The summed E-state index contributed by atoms with van der Waals surface area (Å²) in [7, 11) is 3.23. The highest BCUT2D eigenvalue weighted by molar-refractivity contribution is 5.76. The van der Waals surface area contributed by atoms with Gasteiger partial charge < -0.3 is 18.8 Å². The Morgan fingerprint density at radius 2 is 1.83 bits per heavy atom. The number of methoxy groups -OCH3 is 2. The van der Waals surface area contributed by atoms with Crippen LogP contribution in [-0.4, -0.2) is 36.1 Å². The summed E-state index contributed by atoms with van der Waals surface area (Å²) in [4.78, 5) is 26.6. The lowest BCUT2D eigenvalue weighted by Crippen LogP contribution is -2.36. The van der Waals surface area contributed by atoms with E-state index in [1.807, 2.05) is 35.2 Å². The molecule has 4 rings (SSSR count). The van der Waals surface area contributed by atoms with Crippen molar-refractivity contribution >= 4 is 17.0 Å². The molecule has 7 nitrogen and oxygen atoms in total. The van der Waals surface area contributed by atoms with Crippen molar-refractivity contribution in [2.24, 2.45) is 0 Å². The molecule has 0 fully saturated rings. The molecular formula is C22H24N2O5. The van der Waals surface area contributed by atoms with E-state index in [0.29, 0.717) is 49.6 Å². The molecule has 3 aromatic rings. The van der Waals surface area contributed by atoms with E-state index in [-0.39, 0.29) is 11.7 Å². The standard InChI is InChI=1S/C22H24N2O5/c1-27-19-12-15-9-11-23(14-16(15)13-20(19)28-2)21(25)8-5-10-24-17-6-3-4-7-18(17)29-22(24)26/h3-4,6-7,12-13H,5,8-11,14H2,1-2H3. The van der Waals surface area contributed by atoms with E-state index < -0.39 is 0 Å². The summed E-state index contributed by atoms with van der Waals surface area (Å²) >= 11 is 0. The van der Waals surface area contributed by atoms with E-state index in [9.17, 15) is 9.59 Å². The average molecular weight is 396 g/mol. The first-order chi connectivity index (χ1) is 14.1. The highest BCUT2D eigenvalue weighted by Crippen LogP contribution is 2.33. The molecule has 1 aliphatic heterocycles. The Morgan fingerprint density at radius 1 is 1.10 bits per heavy atom. The summed E-state index contributed by atoms with van der Waals surface area (Å²) in [6.45, 7) is 1.69. The van der Waals surface area contributed by atoms with Crippen LogP contribution in [0.2, 0.25) is 0 Å². The maximum absolute atomic E-state index is 12.7. The van der Waals surface area contributed by atoms with Gasteiger partial charge in [0, 0.05) is 26.1 Å². The van der Waals surface area contributed by atoms with Gasteiger partial charge in [0.2, 0.25) is 5.91 Å². The topological polar surface area (TPSA) is 73.9 Å². The van der Waals surface area contributed by atoms with Gasteiger partial charge in [0.1, 0.15) is 0 Å². The van der Waals surface area contributed by atoms with Crippen molar-refractivity contribution in [2.75, 3.05) is 20.8 Å². The zero-order chi connectivity index (χ0) is 20.4. The molecule has 0 saturated carbocycles. The van der Waals surface area contributed by atoms with Crippen LogP contribution in [0.5, 0.6) is 11.5 Å². The number of carbonyl (C=O) groups is 1. The predicted molar refractivity (Wildman–Crippen MR) is 108 cm³/mol. The molecule has 0 aliphatic carbocycles. The van der Waals surface area contributed by atoms with Gasteiger partial charge in [-0.05, 0) is 48.2 Å². The van der Waals surface area contributed by atoms with Gasteiger partial charge in [0.05, 0.1) is 19.7 Å².